The maximum Gasteiger partial charge on any atom is 0.0899 e. The maximum atomic E-state index is 5.67. The van der Waals surface area contributed by atoms with Crippen LogP contribution in [0.5, 0.6) is 0 Å². The van der Waals surface area contributed by atoms with Gasteiger partial charge < -0.3 is 5.73 Å². The van der Waals surface area contributed by atoms with Gasteiger partial charge in [-0.1, -0.05) is 12.2 Å². The first-order valence-electron chi connectivity index (χ1n) is 5.09. The number of likely N-dealkylation sites (N-methyl/N-ethyl adjacent to an activating group) is 1. The van der Waals surface area contributed by atoms with Crippen LogP contribution in [0.15, 0.2) is 0 Å². The van der Waals surface area contributed by atoms with Crippen LogP contribution in [0.2, 0.25) is 0 Å². The number of nitrogens with two attached hydrogens (primary N) is 1. The summed E-state index contributed by atoms with van der Waals surface area (Å²) in [5.74, 6) is 0. The van der Waals surface area contributed by atoms with Gasteiger partial charge in [-0.05, 0) is 27.8 Å². The van der Waals surface area contributed by atoms with Gasteiger partial charge in [0.2, 0.25) is 0 Å². The van der Waals surface area contributed by atoms with Crippen LogP contribution >= 0.6 is 12.2 Å². The Balaban J connectivity index is 2.64. The van der Waals surface area contributed by atoms with Crippen molar-refractivity contribution in [2.75, 3.05) is 26.7 Å². The van der Waals surface area contributed by atoms with Crippen LogP contribution in [0.3, 0.4) is 0 Å². The molecule has 1 heterocycles. The van der Waals surface area contributed by atoms with Crippen LogP contribution in [-0.2, 0) is 0 Å². The van der Waals surface area contributed by atoms with Crippen LogP contribution in [0.25, 0.3) is 0 Å². The van der Waals surface area contributed by atoms with Gasteiger partial charge in [-0.15, -0.1) is 0 Å². The molecule has 0 bridgehead atoms. The van der Waals surface area contributed by atoms with E-state index in [2.05, 4.69) is 37.6 Å². The maximum absolute atomic E-state index is 5.67. The fraction of sp³-hybridized carbons (Fsp3) is 0.900. The number of piperazine rings is 1. The summed E-state index contributed by atoms with van der Waals surface area (Å²) in [6, 6.07) is 0.220. The molecule has 1 aliphatic heterocycles. The molecule has 82 valence electrons. The Morgan fingerprint density at radius 3 is 2.43 bits per heavy atom. The fourth-order valence-corrected chi connectivity index (χ4v) is 1.94. The van der Waals surface area contributed by atoms with Gasteiger partial charge in [-0.2, -0.15) is 0 Å². The van der Waals surface area contributed by atoms with Crippen molar-refractivity contribution in [2.45, 2.75) is 32.4 Å². The van der Waals surface area contributed by atoms with Gasteiger partial charge in [0.05, 0.1) is 11.0 Å². The van der Waals surface area contributed by atoms with Gasteiger partial charge in [0.1, 0.15) is 0 Å². The van der Waals surface area contributed by atoms with Crippen LogP contribution in [0, 0.1) is 0 Å². The van der Waals surface area contributed by atoms with E-state index in [9.17, 15) is 0 Å². The van der Waals surface area contributed by atoms with E-state index in [-0.39, 0.29) is 11.6 Å². The summed E-state index contributed by atoms with van der Waals surface area (Å²) in [5.41, 5.74) is 5.89. The fourth-order valence-electron chi connectivity index (χ4n) is 1.79. The molecule has 1 fully saturated rings. The third-order valence-corrected chi connectivity index (χ3v) is 3.65. The third-order valence-electron chi connectivity index (χ3n) is 3.31. The first-order valence-corrected chi connectivity index (χ1v) is 5.50. The third kappa shape index (κ3) is 2.43. The van der Waals surface area contributed by atoms with Crippen LogP contribution in [0.1, 0.15) is 20.8 Å². The van der Waals surface area contributed by atoms with E-state index in [4.69, 9.17) is 18.0 Å². The number of nitrogens with zero attached hydrogens (tertiary/aromatic N) is 2. The van der Waals surface area contributed by atoms with Crippen molar-refractivity contribution in [1.82, 2.24) is 9.80 Å². The highest BCUT2D eigenvalue weighted by Crippen LogP contribution is 2.20. The Bertz CT molecular complexity index is 227. The summed E-state index contributed by atoms with van der Waals surface area (Å²) in [4.78, 5) is 5.35. The molecule has 1 aliphatic rings. The lowest BCUT2D eigenvalue weighted by atomic mass is 9.98. The zero-order valence-electron chi connectivity index (χ0n) is 9.58. The second-order valence-electron chi connectivity index (χ2n) is 4.78. The summed E-state index contributed by atoms with van der Waals surface area (Å²) < 4.78 is 0. The molecule has 0 saturated carbocycles. The molecule has 3 nitrogen and oxygen atoms in total. The van der Waals surface area contributed by atoms with Crippen molar-refractivity contribution < 1.29 is 0 Å². The minimum atomic E-state index is 0.220. The first-order chi connectivity index (χ1) is 6.34. The van der Waals surface area contributed by atoms with Crippen molar-refractivity contribution in [3.63, 3.8) is 0 Å². The Morgan fingerprint density at radius 1 is 1.43 bits per heavy atom. The molecule has 1 rings (SSSR count). The van der Waals surface area contributed by atoms with Gasteiger partial charge in [-0.25, -0.2) is 0 Å². The second kappa shape index (κ2) is 4.13. The van der Waals surface area contributed by atoms with E-state index < -0.39 is 0 Å². The van der Waals surface area contributed by atoms with Crippen molar-refractivity contribution >= 4 is 17.2 Å². The molecule has 0 aromatic rings. The average Bonchev–Trinajstić information content (AvgIpc) is 2.08. The molecule has 1 unspecified atom stereocenters. The highest BCUT2D eigenvalue weighted by atomic mass is 32.1. The summed E-state index contributed by atoms with van der Waals surface area (Å²) in [6.07, 6.45) is 0. The molecule has 1 atom stereocenters. The summed E-state index contributed by atoms with van der Waals surface area (Å²) in [6.45, 7) is 9.76. The summed E-state index contributed by atoms with van der Waals surface area (Å²) >= 11 is 5.03. The van der Waals surface area contributed by atoms with E-state index in [1.54, 1.807) is 0 Å². The van der Waals surface area contributed by atoms with E-state index in [0.717, 1.165) is 19.6 Å². The Hall–Kier alpha value is -0.190. The lowest BCUT2D eigenvalue weighted by molar-refractivity contribution is 0.0335. The highest BCUT2D eigenvalue weighted by Gasteiger charge is 2.33. The number of hydrogen-bond donors (Lipinski definition) is 1. The molecule has 0 aromatic carbocycles. The largest absolute Gasteiger partial charge is 0.392 e. The topological polar surface area (TPSA) is 32.5 Å². The van der Waals surface area contributed by atoms with Gasteiger partial charge in [-0.3, -0.25) is 9.80 Å². The molecule has 1 saturated heterocycles. The molecular weight excluding hydrogens is 194 g/mol. The number of thiocarbonyl (C=S) groups is 1. The molecule has 14 heavy (non-hydrogen) atoms. The van der Waals surface area contributed by atoms with Gasteiger partial charge in [0.25, 0.3) is 0 Å². The summed E-state index contributed by atoms with van der Waals surface area (Å²) in [5, 5.41) is 0. The van der Waals surface area contributed by atoms with Crippen molar-refractivity contribution in [2.24, 2.45) is 5.73 Å². The monoisotopic (exact) mass is 215 g/mol. The Kier molecular flexibility index (Phi) is 3.50. The number of rotatable bonds is 2. The quantitative estimate of drug-likeness (QED) is 0.687. The lowest BCUT2D eigenvalue weighted by Crippen LogP contribution is -2.60. The molecule has 0 radical (unpaired) electrons. The highest BCUT2D eigenvalue weighted by molar-refractivity contribution is 7.80. The SMILES string of the molecule is CC(C(N)=S)N1CCN(C)C(C)(C)C1. The minimum absolute atomic E-state index is 0.220. The van der Waals surface area contributed by atoms with Crippen LogP contribution in [-0.4, -0.2) is 53.1 Å². The predicted octanol–water partition coefficient (Wildman–Crippen LogP) is 0.687. The molecular formula is C10H21N3S. The van der Waals surface area contributed by atoms with Gasteiger partial charge in [0, 0.05) is 25.2 Å². The Labute approximate surface area is 92.2 Å². The Morgan fingerprint density at radius 2 is 2.00 bits per heavy atom. The predicted molar refractivity (Wildman–Crippen MR) is 64.5 cm³/mol. The number of hydrogen-bond acceptors (Lipinski definition) is 3. The van der Waals surface area contributed by atoms with Crippen LogP contribution in [0.4, 0.5) is 0 Å². The molecule has 2 N–H and O–H groups in total. The van der Waals surface area contributed by atoms with Gasteiger partial charge >= 0.3 is 0 Å². The standard InChI is InChI=1S/C10H21N3S/c1-8(9(11)14)13-6-5-12(4)10(2,3)7-13/h8H,5-7H2,1-4H3,(H2,11,14). The van der Waals surface area contributed by atoms with Gasteiger partial charge in [0.15, 0.2) is 0 Å². The molecule has 4 heteroatoms. The van der Waals surface area contributed by atoms with E-state index in [1.165, 1.54) is 0 Å². The van der Waals surface area contributed by atoms with E-state index in [0.29, 0.717) is 4.99 Å². The van der Waals surface area contributed by atoms with Crippen molar-refractivity contribution in [3.05, 3.63) is 0 Å². The lowest BCUT2D eigenvalue weighted by Gasteiger charge is -2.47. The molecule has 0 aromatic heterocycles. The minimum Gasteiger partial charge on any atom is -0.392 e. The second-order valence-corrected chi connectivity index (χ2v) is 5.25. The normalized spacial score (nSPS) is 26.0. The molecule has 0 aliphatic carbocycles. The van der Waals surface area contributed by atoms with E-state index >= 15 is 0 Å². The summed E-state index contributed by atoms with van der Waals surface area (Å²) in [7, 11) is 2.17. The molecule has 0 amide bonds. The zero-order valence-corrected chi connectivity index (χ0v) is 10.4. The van der Waals surface area contributed by atoms with Crippen LogP contribution < -0.4 is 5.73 Å². The first kappa shape index (κ1) is 11.9. The molecule has 0 spiro atoms. The smallest absolute Gasteiger partial charge is 0.0899 e. The van der Waals surface area contributed by atoms with E-state index in [1.807, 2.05) is 0 Å². The van der Waals surface area contributed by atoms with Crippen molar-refractivity contribution in [1.29, 1.82) is 0 Å². The average molecular weight is 215 g/mol. The zero-order chi connectivity index (χ0) is 10.9. The van der Waals surface area contributed by atoms with Crippen molar-refractivity contribution in [3.8, 4) is 0 Å².